The Bertz CT molecular complexity index is 328. The minimum atomic E-state index is -0.182. The van der Waals surface area contributed by atoms with Crippen molar-refractivity contribution in [2.75, 3.05) is 19.8 Å². The molecule has 0 unspecified atom stereocenters. The van der Waals surface area contributed by atoms with Crippen LogP contribution in [0.5, 0.6) is 0 Å². The summed E-state index contributed by atoms with van der Waals surface area (Å²) in [4.78, 5) is 0. The van der Waals surface area contributed by atoms with Gasteiger partial charge < -0.3 is 18.9 Å². The number of hydrogen-bond donors (Lipinski definition) is 0. The van der Waals surface area contributed by atoms with E-state index in [1.165, 1.54) is 31.3 Å². The predicted octanol–water partition coefficient (Wildman–Crippen LogP) is 2.42. The lowest BCUT2D eigenvalue weighted by molar-refractivity contribution is -0.203. The highest BCUT2D eigenvalue weighted by Gasteiger charge is 2.45. The molecule has 0 aromatic heterocycles. The summed E-state index contributed by atoms with van der Waals surface area (Å²) in [6.45, 7) is 4.08. The van der Waals surface area contributed by atoms with Crippen molar-refractivity contribution < 1.29 is 18.9 Å². The van der Waals surface area contributed by atoms with Crippen LogP contribution in [-0.4, -0.2) is 44.4 Å². The van der Waals surface area contributed by atoms with Crippen molar-refractivity contribution in [1.29, 1.82) is 0 Å². The van der Waals surface area contributed by atoms with Crippen molar-refractivity contribution in [3.8, 4) is 0 Å². The Morgan fingerprint density at radius 1 is 1.26 bits per heavy atom. The third kappa shape index (κ3) is 3.19. The molecule has 0 amide bonds. The number of allylic oxidation sites excluding steroid dienone is 1. The van der Waals surface area contributed by atoms with E-state index in [9.17, 15) is 0 Å². The molecule has 2 fully saturated rings. The second kappa shape index (κ2) is 6.35. The Morgan fingerprint density at radius 2 is 2.21 bits per heavy atom. The molecule has 2 bridgehead atoms. The van der Waals surface area contributed by atoms with Crippen LogP contribution in [0.4, 0.5) is 0 Å². The van der Waals surface area contributed by atoms with Crippen molar-refractivity contribution in [3.63, 3.8) is 0 Å². The van der Waals surface area contributed by atoms with Gasteiger partial charge in [-0.25, -0.2) is 0 Å². The van der Waals surface area contributed by atoms with Crippen LogP contribution in [0, 0.1) is 0 Å². The monoisotopic (exact) mass is 268 g/mol. The molecule has 2 heterocycles. The molecule has 0 N–H and O–H groups in total. The van der Waals surface area contributed by atoms with Crippen molar-refractivity contribution in [2.45, 2.75) is 63.6 Å². The minimum Gasteiger partial charge on any atom is -0.373 e. The van der Waals surface area contributed by atoms with Gasteiger partial charge in [-0.15, -0.1) is 0 Å². The van der Waals surface area contributed by atoms with Gasteiger partial charge in [0.05, 0.1) is 19.3 Å². The van der Waals surface area contributed by atoms with Crippen LogP contribution in [-0.2, 0) is 18.9 Å². The summed E-state index contributed by atoms with van der Waals surface area (Å²) in [6.07, 6.45) is 8.27. The topological polar surface area (TPSA) is 36.9 Å². The average Bonchev–Trinajstić information content (AvgIpc) is 2.87. The molecule has 19 heavy (non-hydrogen) atoms. The highest BCUT2D eigenvalue weighted by atomic mass is 16.8. The summed E-state index contributed by atoms with van der Waals surface area (Å²) < 4.78 is 23.2. The molecule has 4 nitrogen and oxygen atoms in total. The summed E-state index contributed by atoms with van der Waals surface area (Å²) in [5, 5.41) is 0. The Kier molecular flexibility index (Phi) is 4.53. The van der Waals surface area contributed by atoms with E-state index in [1.54, 1.807) is 0 Å². The molecular weight excluding hydrogens is 244 g/mol. The standard InChI is InChI=1S/C15H24O4/c1-2-16-13-8-12(14-10-18-15(13)19-14)17-9-11-6-4-3-5-7-11/h6,12-15H,2-5,7-10H2,1H3/t12-,13+,14+,15+/m0/s1. The maximum atomic E-state index is 6.08. The van der Waals surface area contributed by atoms with E-state index in [2.05, 4.69) is 6.08 Å². The van der Waals surface area contributed by atoms with Gasteiger partial charge in [0.2, 0.25) is 0 Å². The minimum absolute atomic E-state index is 0.0223. The molecule has 0 aromatic rings. The van der Waals surface area contributed by atoms with Crippen LogP contribution >= 0.6 is 0 Å². The van der Waals surface area contributed by atoms with Crippen molar-refractivity contribution in [3.05, 3.63) is 11.6 Å². The van der Waals surface area contributed by atoms with Gasteiger partial charge >= 0.3 is 0 Å². The van der Waals surface area contributed by atoms with E-state index in [1.807, 2.05) is 6.92 Å². The summed E-state index contributed by atoms with van der Waals surface area (Å²) in [5.41, 5.74) is 1.44. The number of fused-ring (bicyclic) bond motifs is 2. The Morgan fingerprint density at radius 3 is 3.00 bits per heavy atom. The molecule has 4 heteroatoms. The molecule has 0 saturated carbocycles. The molecule has 0 aromatic carbocycles. The SMILES string of the molecule is CCO[C@@H]1C[C@H](OCC2=CCCCC2)[C@H]2CO[C@@H]1O2. The molecule has 108 valence electrons. The molecule has 2 saturated heterocycles. The van der Waals surface area contributed by atoms with Crippen LogP contribution in [0.25, 0.3) is 0 Å². The third-order valence-electron chi connectivity index (χ3n) is 4.17. The van der Waals surface area contributed by atoms with Crippen LogP contribution in [0.1, 0.15) is 39.0 Å². The largest absolute Gasteiger partial charge is 0.373 e. The van der Waals surface area contributed by atoms with Gasteiger partial charge in [0.25, 0.3) is 0 Å². The van der Waals surface area contributed by atoms with Gasteiger partial charge in [-0.2, -0.15) is 0 Å². The summed E-state index contributed by atoms with van der Waals surface area (Å²) >= 11 is 0. The third-order valence-corrected chi connectivity index (χ3v) is 4.17. The van der Waals surface area contributed by atoms with Gasteiger partial charge in [0.15, 0.2) is 6.29 Å². The fraction of sp³-hybridized carbons (Fsp3) is 0.867. The van der Waals surface area contributed by atoms with Crippen LogP contribution in [0.3, 0.4) is 0 Å². The number of rotatable bonds is 5. The zero-order chi connectivity index (χ0) is 13.1. The Balaban J connectivity index is 1.53. The van der Waals surface area contributed by atoms with Gasteiger partial charge in [0.1, 0.15) is 12.2 Å². The van der Waals surface area contributed by atoms with Crippen molar-refractivity contribution in [1.82, 2.24) is 0 Å². The lowest BCUT2D eigenvalue weighted by atomic mass is 10.00. The average molecular weight is 268 g/mol. The highest BCUT2D eigenvalue weighted by molar-refractivity contribution is 5.05. The first-order valence-corrected chi connectivity index (χ1v) is 7.55. The number of ether oxygens (including phenoxy) is 4. The molecule has 0 spiro atoms. The summed E-state index contributed by atoms with van der Waals surface area (Å²) in [6, 6.07) is 0. The molecule has 2 aliphatic heterocycles. The van der Waals surface area contributed by atoms with E-state index < -0.39 is 0 Å². The zero-order valence-corrected chi connectivity index (χ0v) is 11.7. The first-order chi connectivity index (χ1) is 9.36. The first kappa shape index (κ1) is 13.6. The summed E-state index contributed by atoms with van der Waals surface area (Å²) in [7, 11) is 0. The lowest BCUT2D eigenvalue weighted by Crippen LogP contribution is -2.44. The zero-order valence-electron chi connectivity index (χ0n) is 11.7. The maximum Gasteiger partial charge on any atom is 0.184 e. The van der Waals surface area contributed by atoms with E-state index >= 15 is 0 Å². The van der Waals surface area contributed by atoms with Gasteiger partial charge in [0, 0.05) is 13.0 Å². The first-order valence-electron chi connectivity index (χ1n) is 7.55. The molecular formula is C15H24O4. The highest BCUT2D eigenvalue weighted by Crippen LogP contribution is 2.32. The predicted molar refractivity (Wildman–Crippen MR) is 70.9 cm³/mol. The normalized spacial score (nSPS) is 38.3. The van der Waals surface area contributed by atoms with Crippen molar-refractivity contribution in [2.24, 2.45) is 0 Å². The Labute approximate surface area is 115 Å². The number of hydrogen-bond acceptors (Lipinski definition) is 4. The van der Waals surface area contributed by atoms with Gasteiger partial charge in [-0.1, -0.05) is 6.08 Å². The molecule has 3 aliphatic rings. The molecule has 0 radical (unpaired) electrons. The van der Waals surface area contributed by atoms with E-state index in [0.29, 0.717) is 13.2 Å². The van der Waals surface area contributed by atoms with E-state index in [4.69, 9.17) is 18.9 Å². The molecule has 4 atom stereocenters. The fourth-order valence-electron chi connectivity index (χ4n) is 3.11. The second-order valence-electron chi connectivity index (χ2n) is 5.56. The lowest BCUT2D eigenvalue weighted by Gasteiger charge is -2.33. The van der Waals surface area contributed by atoms with Crippen molar-refractivity contribution >= 4 is 0 Å². The summed E-state index contributed by atoms with van der Waals surface area (Å²) in [5.74, 6) is 0. The van der Waals surface area contributed by atoms with Gasteiger partial charge in [-0.05, 0) is 38.2 Å². The molecule has 1 aliphatic carbocycles. The second-order valence-corrected chi connectivity index (χ2v) is 5.56. The van der Waals surface area contributed by atoms with Crippen LogP contribution in [0.2, 0.25) is 0 Å². The van der Waals surface area contributed by atoms with Crippen LogP contribution < -0.4 is 0 Å². The van der Waals surface area contributed by atoms with Crippen LogP contribution in [0.15, 0.2) is 11.6 Å². The Hall–Kier alpha value is -0.420. The van der Waals surface area contributed by atoms with E-state index in [0.717, 1.165) is 13.0 Å². The van der Waals surface area contributed by atoms with E-state index in [-0.39, 0.29) is 24.6 Å². The molecule has 3 rings (SSSR count). The maximum absolute atomic E-state index is 6.08. The van der Waals surface area contributed by atoms with Gasteiger partial charge in [-0.3, -0.25) is 0 Å². The smallest absolute Gasteiger partial charge is 0.184 e. The fourth-order valence-corrected chi connectivity index (χ4v) is 3.11. The quantitative estimate of drug-likeness (QED) is 0.718.